The van der Waals surface area contributed by atoms with E-state index < -0.39 is 12.5 Å². The number of amides is 1. The van der Waals surface area contributed by atoms with Gasteiger partial charge >= 0.3 is 6.36 Å². The smallest absolute Gasteiger partial charge is 0.406 e. The molecule has 158 valence electrons. The molecule has 6 nitrogen and oxygen atoms in total. The van der Waals surface area contributed by atoms with Gasteiger partial charge in [0.05, 0.1) is 23.5 Å². The van der Waals surface area contributed by atoms with E-state index in [1.807, 2.05) is 0 Å². The number of aliphatic hydroxyl groups is 1. The number of aliphatic hydroxyl groups excluding tert-OH is 1. The highest BCUT2D eigenvalue weighted by Crippen LogP contribution is 2.36. The van der Waals surface area contributed by atoms with Crippen LogP contribution in [-0.2, 0) is 18.4 Å². The Bertz CT molecular complexity index is 1090. The quantitative estimate of drug-likeness (QED) is 0.593. The van der Waals surface area contributed by atoms with Crippen molar-refractivity contribution in [1.82, 2.24) is 14.9 Å². The van der Waals surface area contributed by atoms with Crippen molar-refractivity contribution < 1.29 is 27.8 Å². The Kier molecular flexibility index (Phi) is 5.84. The molecule has 2 N–H and O–H groups in total. The number of benzene rings is 2. The van der Waals surface area contributed by atoms with Gasteiger partial charge in [0.2, 0.25) is 5.91 Å². The van der Waals surface area contributed by atoms with Crippen LogP contribution in [0.2, 0.25) is 0 Å². The average molecular weight is 419 g/mol. The number of carbonyl (C=O) groups excluding carboxylic acids is 1. The third-order valence-corrected chi connectivity index (χ3v) is 4.57. The number of hydrogen-bond donors (Lipinski definition) is 2. The van der Waals surface area contributed by atoms with Crippen LogP contribution in [0.3, 0.4) is 0 Å². The zero-order valence-electron chi connectivity index (χ0n) is 16.3. The predicted molar refractivity (Wildman–Crippen MR) is 106 cm³/mol. The van der Waals surface area contributed by atoms with Crippen molar-refractivity contribution in [2.24, 2.45) is 7.05 Å². The van der Waals surface area contributed by atoms with Gasteiger partial charge in [-0.25, -0.2) is 4.98 Å². The highest BCUT2D eigenvalue weighted by molar-refractivity contribution is 5.95. The number of alkyl halides is 3. The molecule has 3 aromatic rings. The lowest BCUT2D eigenvalue weighted by Crippen LogP contribution is -2.21. The van der Waals surface area contributed by atoms with Gasteiger partial charge in [-0.3, -0.25) is 4.79 Å². The molecule has 0 aliphatic rings. The maximum atomic E-state index is 12.4. The lowest BCUT2D eigenvalue weighted by Gasteiger charge is -2.18. The Labute approximate surface area is 170 Å². The van der Waals surface area contributed by atoms with E-state index in [2.05, 4.69) is 21.6 Å². The first kappa shape index (κ1) is 21.4. The summed E-state index contributed by atoms with van der Waals surface area (Å²) in [5.41, 5.74) is 3.77. The first-order valence-corrected chi connectivity index (χ1v) is 9.02. The molecule has 0 saturated heterocycles. The number of carbonyl (C=O) groups is 1. The van der Waals surface area contributed by atoms with Crippen molar-refractivity contribution >= 4 is 16.9 Å². The Morgan fingerprint density at radius 3 is 2.60 bits per heavy atom. The summed E-state index contributed by atoms with van der Waals surface area (Å²) < 4.78 is 43.0. The number of nitrogens with zero attached hydrogens (tertiary/aromatic N) is 2. The molecule has 1 amide bonds. The molecule has 0 radical (unpaired) electrons. The first-order valence-electron chi connectivity index (χ1n) is 9.02. The molecular weight excluding hydrogens is 399 g/mol. The van der Waals surface area contributed by atoms with E-state index in [9.17, 15) is 23.1 Å². The highest BCUT2D eigenvalue weighted by Gasteiger charge is 2.31. The largest absolute Gasteiger partial charge is 0.573 e. The van der Waals surface area contributed by atoms with Crippen molar-refractivity contribution in [3.63, 3.8) is 0 Å². The summed E-state index contributed by atoms with van der Waals surface area (Å²) in [6, 6.07) is 7.20. The summed E-state index contributed by atoms with van der Waals surface area (Å²) >= 11 is 0. The first-order chi connectivity index (χ1) is 14.1. The van der Waals surface area contributed by atoms with E-state index in [0.717, 1.165) is 6.08 Å². The monoisotopic (exact) mass is 419 g/mol. The molecule has 0 aliphatic heterocycles. The number of hydrogen-bond acceptors (Lipinski definition) is 4. The van der Waals surface area contributed by atoms with Crippen LogP contribution in [0.5, 0.6) is 5.75 Å². The number of halogens is 3. The van der Waals surface area contributed by atoms with E-state index in [1.54, 1.807) is 30.9 Å². The summed E-state index contributed by atoms with van der Waals surface area (Å²) in [7, 11) is 1.78. The van der Waals surface area contributed by atoms with Crippen LogP contribution in [-0.4, -0.2) is 26.9 Å². The summed E-state index contributed by atoms with van der Waals surface area (Å²) in [5.74, 6) is -0.700. The summed E-state index contributed by atoms with van der Waals surface area (Å²) in [5, 5.41) is 13.1. The predicted octanol–water partition coefficient (Wildman–Crippen LogP) is 3.99. The van der Waals surface area contributed by atoms with Crippen molar-refractivity contribution in [3.05, 3.63) is 60.4 Å². The Morgan fingerprint density at radius 1 is 1.37 bits per heavy atom. The second-order valence-electron chi connectivity index (χ2n) is 6.72. The number of rotatable bonds is 6. The van der Waals surface area contributed by atoms with Gasteiger partial charge in [0, 0.05) is 24.7 Å². The summed E-state index contributed by atoms with van der Waals surface area (Å²) in [6.07, 6.45) is -2.88. The fourth-order valence-corrected chi connectivity index (χ4v) is 3.34. The Hall–Kier alpha value is -3.33. The van der Waals surface area contributed by atoms with Crippen molar-refractivity contribution in [2.45, 2.75) is 25.9 Å². The molecule has 3 rings (SSSR count). The lowest BCUT2D eigenvalue weighted by atomic mass is 9.94. The van der Waals surface area contributed by atoms with Crippen molar-refractivity contribution in [1.29, 1.82) is 0 Å². The third kappa shape index (κ3) is 4.46. The zero-order valence-corrected chi connectivity index (χ0v) is 16.3. The van der Waals surface area contributed by atoms with Crippen LogP contribution in [0, 0.1) is 0 Å². The molecular formula is C21H20F3N3O3. The third-order valence-electron chi connectivity index (χ3n) is 4.57. The van der Waals surface area contributed by atoms with Gasteiger partial charge in [0.1, 0.15) is 5.75 Å². The van der Waals surface area contributed by atoms with Gasteiger partial charge in [-0.05, 0) is 42.3 Å². The maximum absolute atomic E-state index is 12.4. The molecule has 0 spiro atoms. The number of aryl methyl sites for hydroxylation is 1. The van der Waals surface area contributed by atoms with Gasteiger partial charge in [-0.1, -0.05) is 18.7 Å². The molecule has 0 aliphatic carbocycles. The van der Waals surface area contributed by atoms with E-state index in [1.165, 1.54) is 24.3 Å². The SMILES string of the molecule is C=CC(=O)NCc1cc(-c2ccc(OC(F)(F)F)cc2)c2ncn(C)c2c1C(C)O. The number of imidazole rings is 1. The minimum atomic E-state index is -4.77. The van der Waals surface area contributed by atoms with Crippen molar-refractivity contribution in [3.8, 4) is 16.9 Å². The zero-order chi connectivity index (χ0) is 22.1. The van der Waals surface area contributed by atoms with Gasteiger partial charge in [-0.2, -0.15) is 0 Å². The van der Waals surface area contributed by atoms with Gasteiger partial charge in [0.25, 0.3) is 0 Å². The van der Waals surface area contributed by atoms with E-state index in [-0.39, 0.29) is 18.2 Å². The molecule has 1 unspecified atom stereocenters. The van der Waals surface area contributed by atoms with Crippen LogP contribution >= 0.6 is 0 Å². The number of fused-ring (bicyclic) bond motifs is 1. The standard InChI is InChI=1S/C21H20F3N3O3/c1-4-17(29)25-10-14-9-16(13-5-7-15(8-6-13)30-21(22,23)24)19-20(18(14)12(2)28)27(3)11-26-19/h4-9,11-12,28H,1,10H2,2-3H3,(H,25,29). The van der Waals surface area contributed by atoms with Crippen LogP contribution in [0.1, 0.15) is 24.2 Å². The summed E-state index contributed by atoms with van der Waals surface area (Å²) in [6.45, 7) is 5.17. The van der Waals surface area contributed by atoms with Crippen LogP contribution in [0.15, 0.2) is 49.3 Å². The number of ether oxygens (including phenoxy) is 1. The van der Waals surface area contributed by atoms with Gasteiger partial charge in [-0.15, -0.1) is 13.2 Å². The average Bonchev–Trinajstić information content (AvgIpc) is 3.06. The fourth-order valence-electron chi connectivity index (χ4n) is 3.34. The van der Waals surface area contributed by atoms with E-state index in [0.29, 0.717) is 33.3 Å². The highest BCUT2D eigenvalue weighted by atomic mass is 19.4. The Morgan fingerprint density at radius 2 is 2.03 bits per heavy atom. The number of aromatic nitrogens is 2. The summed E-state index contributed by atoms with van der Waals surface area (Å²) in [4.78, 5) is 16.0. The molecule has 9 heteroatoms. The minimum absolute atomic E-state index is 0.133. The lowest BCUT2D eigenvalue weighted by molar-refractivity contribution is -0.274. The molecule has 2 aromatic carbocycles. The topological polar surface area (TPSA) is 76.4 Å². The number of nitrogens with one attached hydrogen (secondary N) is 1. The Balaban J connectivity index is 2.13. The minimum Gasteiger partial charge on any atom is -0.406 e. The second-order valence-corrected chi connectivity index (χ2v) is 6.72. The fraction of sp³-hybridized carbons (Fsp3) is 0.238. The van der Waals surface area contributed by atoms with E-state index in [4.69, 9.17) is 0 Å². The van der Waals surface area contributed by atoms with Crippen LogP contribution in [0.4, 0.5) is 13.2 Å². The molecule has 1 aromatic heterocycles. The van der Waals surface area contributed by atoms with Crippen LogP contribution in [0.25, 0.3) is 22.2 Å². The normalized spacial score (nSPS) is 12.6. The van der Waals surface area contributed by atoms with Gasteiger partial charge < -0.3 is 19.7 Å². The van der Waals surface area contributed by atoms with E-state index >= 15 is 0 Å². The van der Waals surface area contributed by atoms with Crippen molar-refractivity contribution in [2.75, 3.05) is 0 Å². The molecule has 1 heterocycles. The maximum Gasteiger partial charge on any atom is 0.573 e. The molecule has 1 atom stereocenters. The second kappa shape index (κ2) is 8.19. The van der Waals surface area contributed by atoms with Crippen LogP contribution < -0.4 is 10.1 Å². The molecule has 30 heavy (non-hydrogen) atoms. The van der Waals surface area contributed by atoms with Gasteiger partial charge in [0.15, 0.2) is 0 Å². The molecule has 0 bridgehead atoms. The molecule has 0 saturated carbocycles. The molecule has 0 fully saturated rings.